The van der Waals surface area contributed by atoms with Gasteiger partial charge in [0.05, 0.1) is 0 Å². The number of nitrogens with zero attached hydrogens (tertiary/aromatic N) is 2. The van der Waals surface area contributed by atoms with Gasteiger partial charge in [-0.1, -0.05) is 84.9 Å². The number of furan rings is 1. The van der Waals surface area contributed by atoms with Crippen molar-refractivity contribution in [3.05, 3.63) is 133 Å². The van der Waals surface area contributed by atoms with Crippen LogP contribution in [0.4, 0.5) is 17.2 Å². The van der Waals surface area contributed by atoms with Gasteiger partial charge in [-0.2, -0.15) is 4.98 Å². The summed E-state index contributed by atoms with van der Waals surface area (Å²) in [5.74, 6) is 0.812. The summed E-state index contributed by atoms with van der Waals surface area (Å²) in [7, 11) is 0. The summed E-state index contributed by atoms with van der Waals surface area (Å²) in [5, 5.41) is 9.26. The predicted molar refractivity (Wildman–Crippen MR) is 159 cm³/mol. The largest absolute Gasteiger partial charge is 0.438 e. The first-order valence-electron chi connectivity index (χ1n) is 12.8. The van der Waals surface area contributed by atoms with Gasteiger partial charge in [0, 0.05) is 22.1 Å². The number of fused-ring (bicyclic) bond motifs is 6. The topological polar surface area (TPSA) is 29.3 Å². The molecule has 0 saturated heterocycles. The molecule has 0 saturated carbocycles. The van der Waals surface area contributed by atoms with E-state index in [1.54, 1.807) is 0 Å². The van der Waals surface area contributed by atoms with Crippen molar-refractivity contribution in [2.75, 3.05) is 4.90 Å². The highest BCUT2D eigenvalue weighted by Gasteiger charge is 2.18. The van der Waals surface area contributed by atoms with E-state index in [0.29, 0.717) is 5.71 Å². The zero-order valence-corrected chi connectivity index (χ0v) is 20.5. The highest BCUT2D eigenvalue weighted by Crippen LogP contribution is 2.39. The molecule has 8 rings (SSSR count). The van der Waals surface area contributed by atoms with Crippen LogP contribution in [0.2, 0.25) is 0 Å². The Morgan fingerprint density at radius 2 is 0.974 bits per heavy atom. The summed E-state index contributed by atoms with van der Waals surface area (Å²) in [5.41, 5.74) is 3.59. The van der Waals surface area contributed by atoms with Gasteiger partial charge in [0.2, 0.25) is 5.71 Å². The lowest BCUT2D eigenvalue weighted by atomic mass is 10.1. The molecule has 8 aromatic rings. The highest BCUT2D eigenvalue weighted by molar-refractivity contribution is 6.09. The maximum atomic E-state index is 6.33. The first-order chi connectivity index (χ1) is 18.8. The van der Waals surface area contributed by atoms with Crippen molar-refractivity contribution >= 4 is 71.6 Å². The summed E-state index contributed by atoms with van der Waals surface area (Å²) >= 11 is 0. The Bertz CT molecular complexity index is 2080. The molecule has 0 N–H and O–H groups in total. The van der Waals surface area contributed by atoms with Crippen LogP contribution in [0.1, 0.15) is 0 Å². The molecule has 6 aromatic carbocycles. The Labute approximate surface area is 219 Å². The third-order valence-electron chi connectivity index (χ3n) is 7.40. The fourth-order valence-corrected chi connectivity index (χ4v) is 5.50. The lowest BCUT2D eigenvalue weighted by Crippen LogP contribution is -2.11. The molecule has 0 amide bonds. The molecular weight excluding hydrogens is 464 g/mol. The summed E-state index contributed by atoms with van der Waals surface area (Å²) < 4.78 is 6.33. The molecule has 0 aliphatic rings. The van der Waals surface area contributed by atoms with Crippen LogP contribution in [0, 0.1) is 0 Å². The lowest BCUT2D eigenvalue weighted by molar-refractivity contribution is 0.655. The molecule has 2 heterocycles. The predicted octanol–water partition coefficient (Wildman–Crippen LogP) is 9.91. The third-order valence-corrected chi connectivity index (χ3v) is 7.40. The van der Waals surface area contributed by atoms with Crippen LogP contribution in [-0.4, -0.2) is 4.98 Å². The second-order valence-electron chi connectivity index (χ2n) is 9.72. The SMILES string of the molecule is c1ccc2cc(N(c3ccc4ccccc4c3)c3ccc4c(n3)oc3cc5ccccc5cc34)ccc2c1. The highest BCUT2D eigenvalue weighted by atomic mass is 16.3. The normalized spacial score (nSPS) is 11.7. The standard InChI is InChI=1S/C35H22N2O/c1-3-9-25-19-29(15-13-23(25)7-1)37(30-16-14-24-8-2-4-10-26(24)20-30)34-18-17-31-32-21-27-11-5-6-12-28(27)22-33(32)38-35(31)36-34/h1-22H. The number of hydrogen-bond acceptors (Lipinski definition) is 3. The first-order valence-corrected chi connectivity index (χ1v) is 12.8. The Balaban J connectivity index is 1.35. The maximum Gasteiger partial charge on any atom is 0.229 e. The molecule has 0 radical (unpaired) electrons. The number of anilines is 3. The molecule has 3 nitrogen and oxygen atoms in total. The number of aromatic nitrogens is 1. The van der Waals surface area contributed by atoms with E-state index in [-0.39, 0.29) is 0 Å². The Kier molecular flexibility index (Phi) is 4.52. The van der Waals surface area contributed by atoms with Gasteiger partial charge in [0.25, 0.3) is 0 Å². The van der Waals surface area contributed by atoms with Crippen LogP contribution in [-0.2, 0) is 0 Å². The average Bonchev–Trinajstić information content (AvgIpc) is 3.32. The fraction of sp³-hybridized carbons (Fsp3) is 0. The maximum absolute atomic E-state index is 6.33. The number of pyridine rings is 1. The van der Waals surface area contributed by atoms with Gasteiger partial charge in [-0.3, -0.25) is 4.90 Å². The van der Waals surface area contributed by atoms with E-state index in [4.69, 9.17) is 9.40 Å². The molecule has 2 aromatic heterocycles. The summed E-state index contributed by atoms with van der Waals surface area (Å²) in [4.78, 5) is 7.29. The molecule has 0 unspecified atom stereocenters. The van der Waals surface area contributed by atoms with Crippen molar-refractivity contribution in [1.82, 2.24) is 4.98 Å². The average molecular weight is 487 g/mol. The number of benzene rings is 6. The quantitative estimate of drug-likeness (QED) is 0.249. The van der Waals surface area contributed by atoms with Crippen molar-refractivity contribution in [2.24, 2.45) is 0 Å². The number of hydrogen-bond donors (Lipinski definition) is 0. The third kappa shape index (κ3) is 3.33. The van der Waals surface area contributed by atoms with Gasteiger partial charge in [0.1, 0.15) is 11.4 Å². The zero-order valence-electron chi connectivity index (χ0n) is 20.5. The van der Waals surface area contributed by atoms with E-state index in [1.807, 2.05) is 0 Å². The van der Waals surface area contributed by atoms with Crippen LogP contribution in [0.5, 0.6) is 0 Å². The van der Waals surface area contributed by atoms with Crippen molar-refractivity contribution in [2.45, 2.75) is 0 Å². The molecule has 0 bridgehead atoms. The smallest absolute Gasteiger partial charge is 0.229 e. The lowest BCUT2D eigenvalue weighted by Gasteiger charge is -2.25. The summed E-state index contributed by atoms with van der Waals surface area (Å²) in [6.45, 7) is 0. The van der Waals surface area contributed by atoms with Gasteiger partial charge in [-0.25, -0.2) is 0 Å². The second kappa shape index (κ2) is 8.19. The van der Waals surface area contributed by atoms with Crippen molar-refractivity contribution in [3.63, 3.8) is 0 Å². The molecule has 0 aliphatic carbocycles. The van der Waals surface area contributed by atoms with Crippen LogP contribution in [0.3, 0.4) is 0 Å². The van der Waals surface area contributed by atoms with E-state index in [2.05, 4.69) is 138 Å². The van der Waals surface area contributed by atoms with Gasteiger partial charge in [0.15, 0.2) is 0 Å². The van der Waals surface area contributed by atoms with Crippen molar-refractivity contribution in [1.29, 1.82) is 0 Å². The zero-order chi connectivity index (χ0) is 25.1. The van der Waals surface area contributed by atoms with E-state index in [1.165, 1.54) is 26.9 Å². The fourth-order valence-electron chi connectivity index (χ4n) is 5.50. The minimum atomic E-state index is 0.638. The molecule has 178 valence electrons. The van der Waals surface area contributed by atoms with E-state index in [9.17, 15) is 0 Å². The summed E-state index contributed by atoms with van der Waals surface area (Å²) in [6, 6.07) is 46.9. The van der Waals surface area contributed by atoms with Gasteiger partial charge >= 0.3 is 0 Å². The molecule has 0 atom stereocenters. The second-order valence-corrected chi connectivity index (χ2v) is 9.72. The van der Waals surface area contributed by atoms with Crippen LogP contribution < -0.4 is 4.90 Å². The minimum Gasteiger partial charge on any atom is -0.438 e. The van der Waals surface area contributed by atoms with Gasteiger partial charge in [-0.05, 0) is 80.8 Å². The van der Waals surface area contributed by atoms with Gasteiger partial charge < -0.3 is 4.42 Å². The monoisotopic (exact) mass is 486 g/mol. The number of rotatable bonds is 3. The summed E-state index contributed by atoms with van der Waals surface area (Å²) in [6.07, 6.45) is 0. The van der Waals surface area contributed by atoms with E-state index >= 15 is 0 Å². The Morgan fingerprint density at radius 3 is 1.58 bits per heavy atom. The minimum absolute atomic E-state index is 0.638. The van der Waals surface area contributed by atoms with E-state index < -0.39 is 0 Å². The molecule has 0 fully saturated rings. The van der Waals surface area contributed by atoms with E-state index in [0.717, 1.165) is 38.9 Å². The van der Waals surface area contributed by atoms with Crippen LogP contribution in [0.15, 0.2) is 138 Å². The Hall–Kier alpha value is -5.15. The molecular formula is C35H22N2O. The van der Waals surface area contributed by atoms with Crippen molar-refractivity contribution in [3.8, 4) is 0 Å². The van der Waals surface area contributed by atoms with Gasteiger partial charge in [-0.15, -0.1) is 0 Å². The van der Waals surface area contributed by atoms with Crippen molar-refractivity contribution < 1.29 is 4.42 Å². The molecule has 38 heavy (non-hydrogen) atoms. The first kappa shape index (κ1) is 21.0. The molecule has 3 heteroatoms. The molecule has 0 aliphatic heterocycles. The Morgan fingerprint density at radius 1 is 0.447 bits per heavy atom. The molecule has 0 spiro atoms. The van der Waals surface area contributed by atoms with Crippen LogP contribution in [0.25, 0.3) is 54.4 Å². The van der Waals surface area contributed by atoms with Crippen LogP contribution >= 0.6 is 0 Å².